The summed E-state index contributed by atoms with van der Waals surface area (Å²) >= 11 is 0.501. The molecular formula is C17H11F3N2O4S2. The predicted octanol–water partition coefficient (Wildman–Crippen LogP) is 4.36. The Morgan fingerprint density at radius 2 is 1.82 bits per heavy atom. The number of sulfonamides is 1. The Labute approximate surface area is 161 Å². The molecule has 0 fully saturated rings. The molecule has 3 aromatic rings. The lowest BCUT2D eigenvalue weighted by molar-refractivity contribution is -0.137. The molecule has 0 saturated heterocycles. The molecule has 0 spiro atoms. The Kier molecular flexibility index (Phi) is 4.42. The van der Waals surface area contributed by atoms with Crippen LogP contribution in [-0.4, -0.2) is 20.2 Å². The van der Waals surface area contributed by atoms with Crippen LogP contribution < -0.4 is 14.2 Å². The van der Waals surface area contributed by atoms with Gasteiger partial charge >= 0.3 is 6.18 Å². The van der Waals surface area contributed by atoms with Crippen LogP contribution in [0, 0.1) is 0 Å². The van der Waals surface area contributed by atoms with Crippen molar-refractivity contribution in [2.24, 2.45) is 0 Å². The Balaban J connectivity index is 1.57. The summed E-state index contributed by atoms with van der Waals surface area (Å²) in [4.78, 5) is 3.50. The summed E-state index contributed by atoms with van der Waals surface area (Å²) in [5, 5.41) is 0.361. The van der Waals surface area contributed by atoms with E-state index in [1.54, 1.807) is 6.07 Å². The monoisotopic (exact) mass is 428 g/mol. The first-order valence-electron chi connectivity index (χ1n) is 7.79. The van der Waals surface area contributed by atoms with E-state index in [2.05, 4.69) is 9.71 Å². The van der Waals surface area contributed by atoms with Crippen molar-refractivity contribution in [2.75, 3.05) is 11.5 Å². The van der Waals surface area contributed by atoms with Crippen LogP contribution in [0.15, 0.2) is 52.7 Å². The van der Waals surface area contributed by atoms with Gasteiger partial charge in [-0.15, -0.1) is 11.3 Å². The molecule has 0 amide bonds. The van der Waals surface area contributed by atoms with Gasteiger partial charge in [-0.05, 0) is 24.3 Å². The second kappa shape index (κ2) is 6.67. The highest BCUT2D eigenvalue weighted by molar-refractivity contribution is 7.92. The summed E-state index contributed by atoms with van der Waals surface area (Å²) < 4.78 is 76.1. The van der Waals surface area contributed by atoms with Crippen molar-refractivity contribution >= 4 is 27.0 Å². The highest BCUT2D eigenvalue weighted by Crippen LogP contribution is 2.39. The summed E-state index contributed by atoms with van der Waals surface area (Å²) in [5.41, 5.74) is 0.844. The quantitative estimate of drug-likeness (QED) is 0.668. The van der Waals surface area contributed by atoms with Crippen LogP contribution in [0.5, 0.6) is 11.5 Å². The second-order valence-electron chi connectivity index (χ2n) is 5.71. The zero-order valence-corrected chi connectivity index (χ0v) is 15.5. The molecule has 1 aromatic heterocycles. The Bertz CT molecular complexity index is 1130. The molecule has 0 saturated carbocycles. The van der Waals surface area contributed by atoms with Crippen LogP contribution in [0.25, 0.3) is 11.3 Å². The minimum Gasteiger partial charge on any atom is -0.454 e. The van der Waals surface area contributed by atoms with Crippen molar-refractivity contribution in [1.29, 1.82) is 0 Å². The number of halogens is 3. The van der Waals surface area contributed by atoms with Gasteiger partial charge in [-0.25, -0.2) is 13.4 Å². The number of fused-ring (bicyclic) bond motifs is 1. The van der Waals surface area contributed by atoms with E-state index in [4.69, 9.17) is 9.47 Å². The van der Waals surface area contributed by atoms with Crippen LogP contribution in [0.4, 0.5) is 18.9 Å². The van der Waals surface area contributed by atoms with Gasteiger partial charge < -0.3 is 9.47 Å². The van der Waals surface area contributed by atoms with Gasteiger partial charge in [0.15, 0.2) is 16.5 Å². The molecule has 0 atom stereocenters. The summed E-state index contributed by atoms with van der Waals surface area (Å²) in [7, 11) is -3.95. The maximum absolute atomic E-state index is 12.7. The third-order valence-corrected chi connectivity index (χ3v) is 6.12. The summed E-state index contributed by atoms with van der Waals surface area (Å²) in [6, 6.07) is 10.4. The number of thiazole rings is 1. The van der Waals surface area contributed by atoms with Crippen molar-refractivity contribution in [3.8, 4) is 22.8 Å². The standard InChI is InChI=1S/C17H11F3N2O4S2/c18-17(19,20)16-21-12(8-27-16)10-4-6-11(7-5-10)22-28(23,24)14-3-1-2-13-15(14)26-9-25-13/h1-8,22H,9H2. The minimum atomic E-state index is -4.50. The Hall–Kier alpha value is -2.79. The lowest BCUT2D eigenvalue weighted by atomic mass is 10.1. The van der Waals surface area contributed by atoms with Crippen LogP contribution in [0.2, 0.25) is 0 Å². The lowest BCUT2D eigenvalue weighted by Gasteiger charge is -2.10. The smallest absolute Gasteiger partial charge is 0.443 e. The van der Waals surface area contributed by atoms with Crippen LogP contribution in [-0.2, 0) is 16.2 Å². The van der Waals surface area contributed by atoms with Crippen molar-refractivity contribution in [1.82, 2.24) is 4.98 Å². The fourth-order valence-corrected chi connectivity index (χ4v) is 4.49. The number of aromatic nitrogens is 1. The maximum Gasteiger partial charge on any atom is 0.443 e. The molecule has 146 valence electrons. The number of nitrogens with one attached hydrogen (secondary N) is 1. The fraction of sp³-hybridized carbons (Fsp3) is 0.118. The molecular weight excluding hydrogens is 417 g/mol. The van der Waals surface area contributed by atoms with Crippen LogP contribution >= 0.6 is 11.3 Å². The first-order chi connectivity index (χ1) is 13.2. The fourth-order valence-electron chi connectivity index (χ4n) is 2.57. The number of hydrogen-bond donors (Lipinski definition) is 1. The van der Waals surface area contributed by atoms with Crippen molar-refractivity contribution in [3.63, 3.8) is 0 Å². The molecule has 1 aliphatic rings. The molecule has 2 aromatic carbocycles. The number of hydrogen-bond acceptors (Lipinski definition) is 6. The number of rotatable bonds is 4. The van der Waals surface area contributed by atoms with Crippen LogP contribution in [0.3, 0.4) is 0 Å². The number of nitrogens with zero attached hydrogens (tertiary/aromatic N) is 1. The van der Waals surface area contributed by atoms with E-state index in [0.717, 1.165) is 0 Å². The molecule has 0 bridgehead atoms. The molecule has 6 nitrogen and oxygen atoms in total. The maximum atomic E-state index is 12.7. The molecule has 2 heterocycles. The average Bonchev–Trinajstić information content (AvgIpc) is 3.31. The van der Waals surface area contributed by atoms with E-state index in [1.807, 2.05) is 0 Å². The largest absolute Gasteiger partial charge is 0.454 e. The third-order valence-electron chi connectivity index (χ3n) is 3.83. The van der Waals surface area contributed by atoms with Gasteiger partial charge in [0, 0.05) is 16.6 Å². The van der Waals surface area contributed by atoms with Gasteiger partial charge in [-0.1, -0.05) is 18.2 Å². The number of benzene rings is 2. The predicted molar refractivity (Wildman–Crippen MR) is 95.9 cm³/mol. The first kappa shape index (κ1) is 18.6. The Morgan fingerprint density at radius 1 is 1.07 bits per heavy atom. The topological polar surface area (TPSA) is 77.5 Å². The van der Waals surface area contributed by atoms with E-state index in [9.17, 15) is 21.6 Å². The van der Waals surface area contributed by atoms with Crippen molar-refractivity contribution in [3.05, 3.63) is 52.9 Å². The number of ether oxygens (including phenoxy) is 2. The normalized spacial score (nSPS) is 13.5. The number of anilines is 1. The van der Waals surface area contributed by atoms with E-state index in [1.165, 1.54) is 41.8 Å². The zero-order chi connectivity index (χ0) is 19.9. The van der Waals surface area contributed by atoms with Gasteiger partial charge in [0.25, 0.3) is 10.0 Å². The van der Waals surface area contributed by atoms with Crippen molar-refractivity contribution in [2.45, 2.75) is 11.1 Å². The average molecular weight is 428 g/mol. The molecule has 1 aliphatic heterocycles. The van der Waals surface area contributed by atoms with E-state index in [0.29, 0.717) is 22.6 Å². The molecule has 0 unspecified atom stereocenters. The molecule has 1 N–H and O–H groups in total. The summed E-state index contributed by atoms with van der Waals surface area (Å²) in [6.45, 7) is -0.0654. The van der Waals surface area contributed by atoms with Crippen molar-refractivity contribution < 1.29 is 31.1 Å². The molecule has 0 radical (unpaired) electrons. The van der Waals surface area contributed by atoms with Crippen LogP contribution in [0.1, 0.15) is 5.01 Å². The zero-order valence-electron chi connectivity index (χ0n) is 13.9. The minimum absolute atomic E-state index is 0.0654. The second-order valence-corrected chi connectivity index (χ2v) is 8.22. The number of alkyl halides is 3. The van der Waals surface area contributed by atoms with E-state index >= 15 is 0 Å². The summed E-state index contributed by atoms with van der Waals surface area (Å²) in [6.07, 6.45) is -4.50. The van der Waals surface area contributed by atoms with E-state index < -0.39 is 21.2 Å². The molecule has 11 heteroatoms. The summed E-state index contributed by atoms with van der Waals surface area (Å²) in [5.74, 6) is 0.469. The van der Waals surface area contributed by atoms with Gasteiger partial charge in [0.2, 0.25) is 6.79 Å². The molecule has 4 rings (SSSR count). The lowest BCUT2D eigenvalue weighted by Crippen LogP contribution is -2.13. The molecule has 0 aliphatic carbocycles. The highest BCUT2D eigenvalue weighted by atomic mass is 32.2. The third kappa shape index (κ3) is 3.50. The first-order valence-corrected chi connectivity index (χ1v) is 10.1. The van der Waals surface area contributed by atoms with E-state index in [-0.39, 0.29) is 28.8 Å². The Morgan fingerprint density at radius 3 is 2.50 bits per heavy atom. The molecule has 28 heavy (non-hydrogen) atoms. The van der Waals surface area contributed by atoms with Gasteiger partial charge in [-0.2, -0.15) is 13.2 Å². The van der Waals surface area contributed by atoms with Gasteiger partial charge in [0.05, 0.1) is 5.69 Å². The van der Waals surface area contributed by atoms with Gasteiger partial charge in [-0.3, -0.25) is 4.72 Å². The van der Waals surface area contributed by atoms with Gasteiger partial charge in [0.1, 0.15) is 4.90 Å². The highest BCUT2D eigenvalue weighted by Gasteiger charge is 2.34. The SMILES string of the molecule is O=S(=O)(Nc1ccc(-c2csc(C(F)(F)F)n2)cc1)c1cccc2c1OCO2. The number of para-hydroxylation sites is 1.